The Morgan fingerprint density at radius 3 is 2.58 bits per heavy atom. The van der Waals surface area contributed by atoms with E-state index in [1.54, 1.807) is 11.3 Å². The number of nitrogen functional groups attached to an aromatic ring is 1. The van der Waals surface area contributed by atoms with Crippen molar-refractivity contribution in [2.75, 3.05) is 5.73 Å². The summed E-state index contributed by atoms with van der Waals surface area (Å²) in [5, 5.41) is 0.682. The van der Waals surface area contributed by atoms with Gasteiger partial charge in [0.1, 0.15) is 0 Å². The minimum Gasteiger partial charge on any atom is -0.375 e. The predicted molar refractivity (Wildman–Crippen MR) is 90.8 cm³/mol. The molecule has 2 nitrogen and oxygen atoms in total. The van der Waals surface area contributed by atoms with Crippen LogP contribution in [0.3, 0.4) is 0 Å². The van der Waals surface area contributed by atoms with E-state index in [4.69, 9.17) is 5.73 Å². The first kappa shape index (κ1) is 14.0. The Morgan fingerprint density at radius 1 is 1.21 bits per heavy atom. The number of benzene rings is 1. The third-order valence-electron chi connectivity index (χ3n) is 3.36. The van der Waals surface area contributed by atoms with Crippen LogP contribution >= 0.6 is 59.1 Å². The van der Waals surface area contributed by atoms with Crippen LogP contribution in [0.2, 0.25) is 0 Å². The zero-order valence-electron chi connectivity index (χ0n) is 9.92. The second kappa shape index (κ2) is 5.47. The molecule has 1 atom stereocenters. The van der Waals surface area contributed by atoms with Gasteiger partial charge in [-0.2, -0.15) is 0 Å². The van der Waals surface area contributed by atoms with Gasteiger partial charge in [-0.05, 0) is 37.0 Å². The Bertz CT molecular complexity index is 616. The second-order valence-electron chi connectivity index (χ2n) is 4.59. The first-order valence-corrected chi connectivity index (χ1v) is 9.15. The van der Waals surface area contributed by atoms with E-state index in [-0.39, 0.29) is 0 Å². The van der Waals surface area contributed by atoms with Crippen LogP contribution in [-0.2, 0) is 6.42 Å². The lowest BCUT2D eigenvalue weighted by atomic mass is 9.86. The molecule has 1 aliphatic rings. The molecule has 1 aromatic carbocycles. The van der Waals surface area contributed by atoms with Crippen LogP contribution < -0.4 is 5.73 Å². The van der Waals surface area contributed by atoms with Crippen LogP contribution in [0.1, 0.15) is 34.9 Å². The molecule has 19 heavy (non-hydrogen) atoms. The summed E-state index contributed by atoms with van der Waals surface area (Å²) in [5.74, 6) is 0.385. The SMILES string of the molecule is Nc1nc2c(s1)C(c1c(Br)cc(Br)cc1Br)CCC2. The molecule has 3 rings (SSSR count). The number of rotatable bonds is 1. The summed E-state index contributed by atoms with van der Waals surface area (Å²) in [6.07, 6.45) is 3.36. The largest absolute Gasteiger partial charge is 0.375 e. The predicted octanol–water partition coefficient (Wildman–Crippen LogP) is 5.48. The molecule has 2 aromatic rings. The molecular weight excluding hydrogens is 456 g/mol. The smallest absolute Gasteiger partial charge is 0.180 e. The summed E-state index contributed by atoms with van der Waals surface area (Å²) >= 11 is 12.5. The van der Waals surface area contributed by atoms with Gasteiger partial charge in [0.2, 0.25) is 0 Å². The molecule has 0 aliphatic heterocycles. The Labute approximate surface area is 141 Å². The molecule has 0 fully saturated rings. The highest BCUT2D eigenvalue weighted by atomic mass is 79.9. The van der Waals surface area contributed by atoms with Crippen LogP contribution in [0.15, 0.2) is 25.6 Å². The number of thiazole rings is 1. The van der Waals surface area contributed by atoms with Gasteiger partial charge in [-0.3, -0.25) is 0 Å². The van der Waals surface area contributed by atoms with Gasteiger partial charge in [-0.25, -0.2) is 4.98 Å². The average Bonchev–Trinajstić information content (AvgIpc) is 2.68. The van der Waals surface area contributed by atoms with Crippen LogP contribution in [0, 0.1) is 0 Å². The van der Waals surface area contributed by atoms with Gasteiger partial charge in [0, 0.05) is 24.2 Å². The standard InChI is InChI=1S/C13H11Br3N2S/c14-6-4-8(15)11(9(16)5-6)7-2-1-3-10-12(7)19-13(17)18-10/h4-5,7H,1-3H2,(H2,17,18). The fourth-order valence-electron chi connectivity index (χ4n) is 2.60. The molecule has 1 unspecified atom stereocenters. The molecule has 0 saturated carbocycles. The molecule has 0 saturated heterocycles. The lowest BCUT2D eigenvalue weighted by Crippen LogP contribution is -2.10. The van der Waals surface area contributed by atoms with Crippen molar-refractivity contribution in [3.05, 3.63) is 41.7 Å². The topological polar surface area (TPSA) is 38.9 Å². The van der Waals surface area contributed by atoms with Crippen molar-refractivity contribution in [1.82, 2.24) is 4.98 Å². The zero-order valence-corrected chi connectivity index (χ0v) is 15.5. The molecule has 0 spiro atoms. The minimum atomic E-state index is 0.385. The minimum absolute atomic E-state index is 0.385. The molecule has 1 aliphatic carbocycles. The highest BCUT2D eigenvalue weighted by Gasteiger charge is 2.28. The Morgan fingerprint density at radius 2 is 1.89 bits per heavy atom. The maximum Gasteiger partial charge on any atom is 0.180 e. The molecule has 1 heterocycles. The van der Waals surface area contributed by atoms with Gasteiger partial charge in [0.25, 0.3) is 0 Å². The van der Waals surface area contributed by atoms with Gasteiger partial charge in [-0.15, -0.1) is 11.3 Å². The van der Waals surface area contributed by atoms with Gasteiger partial charge < -0.3 is 5.73 Å². The molecule has 100 valence electrons. The summed E-state index contributed by atoms with van der Waals surface area (Å²) in [7, 11) is 0. The highest BCUT2D eigenvalue weighted by molar-refractivity contribution is 9.11. The number of aromatic nitrogens is 1. The van der Waals surface area contributed by atoms with E-state index < -0.39 is 0 Å². The first-order chi connectivity index (χ1) is 9.06. The fourth-order valence-corrected chi connectivity index (χ4v) is 6.44. The van der Waals surface area contributed by atoms with E-state index in [1.807, 2.05) is 0 Å². The molecule has 2 N–H and O–H groups in total. The van der Waals surface area contributed by atoms with E-state index in [2.05, 4.69) is 64.9 Å². The number of fused-ring (bicyclic) bond motifs is 1. The maximum atomic E-state index is 5.88. The van der Waals surface area contributed by atoms with Crippen LogP contribution in [0.25, 0.3) is 0 Å². The summed E-state index contributed by atoms with van der Waals surface area (Å²) < 4.78 is 3.31. The summed E-state index contributed by atoms with van der Waals surface area (Å²) in [6.45, 7) is 0. The van der Waals surface area contributed by atoms with Crippen molar-refractivity contribution >= 4 is 64.3 Å². The van der Waals surface area contributed by atoms with E-state index >= 15 is 0 Å². The molecule has 0 radical (unpaired) electrons. The molecule has 6 heteroatoms. The number of aryl methyl sites for hydroxylation is 1. The quantitative estimate of drug-likeness (QED) is 0.604. The molecule has 0 amide bonds. The van der Waals surface area contributed by atoms with Crippen molar-refractivity contribution in [3.8, 4) is 0 Å². The lowest BCUT2D eigenvalue weighted by Gasteiger charge is -2.24. The maximum absolute atomic E-state index is 5.88. The number of halogens is 3. The van der Waals surface area contributed by atoms with Crippen LogP contribution in [-0.4, -0.2) is 4.98 Å². The fraction of sp³-hybridized carbons (Fsp3) is 0.308. The van der Waals surface area contributed by atoms with Gasteiger partial charge in [0.05, 0.1) is 5.69 Å². The Kier molecular flexibility index (Phi) is 4.04. The normalized spacial score (nSPS) is 18.4. The summed E-state index contributed by atoms with van der Waals surface area (Å²) in [5.41, 5.74) is 8.36. The van der Waals surface area contributed by atoms with Gasteiger partial charge in [0.15, 0.2) is 5.13 Å². The van der Waals surface area contributed by atoms with Crippen LogP contribution in [0.5, 0.6) is 0 Å². The van der Waals surface area contributed by atoms with Gasteiger partial charge >= 0.3 is 0 Å². The lowest BCUT2D eigenvalue weighted by molar-refractivity contribution is 0.614. The molecule has 1 aromatic heterocycles. The van der Waals surface area contributed by atoms with Crippen molar-refractivity contribution in [2.24, 2.45) is 0 Å². The number of anilines is 1. The third-order valence-corrected chi connectivity index (χ3v) is 6.17. The van der Waals surface area contributed by atoms with Crippen molar-refractivity contribution < 1.29 is 0 Å². The van der Waals surface area contributed by atoms with Crippen molar-refractivity contribution in [2.45, 2.75) is 25.2 Å². The second-order valence-corrected chi connectivity index (χ2v) is 8.28. The molecule has 0 bridgehead atoms. The number of hydrogen-bond donors (Lipinski definition) is 1. The Balaban J connectivity index is 2.14. The van der Waals surface area contributed by atoms with E-state index in [9.17, 15) is 0 Å². The van der Waals surface area contributed by atoms with E-state index in [0.29, 0.717) is 11.0 Å². The third kappa shape index (κ3) is 2.64. The number of hydrogen-bond acceptors (Lipinski definition) is 3. The zero-order chi connectivity index (χ0) is 13.6. The van der Waals surface area contributed by atoms with Gasteiger partial charge in [-0.1, -0.05) is 47.8 Å². The van der Waals surface area contributed by atoms with E-state index in [1.165, 1.54) is 16.1 Å². The first-order valence-electron chi connectivity index (χ1n) is 5.95. The van der Waals surface area contributed by atoms with Crippen molar-refractivity contribution in [3.63, 3.8) is 0 Å². The summed E-state index contributed by atoms with van der Waals surface area (Å²) in [6, 6.07) is 4.19. The molecular formula is C13H11Br3N2S. The summed E-state index contributed by atoms with van der Waals surface area (Å²) in [4.78, 5) is 5.79. The monoisotopic (exact) mass is 464 g/mol. The Hall–Kier alpha value is 0.0900. The van der Waals surface area contributed by atoms with Crippen LogP contribution in [0.4, 0.5) is 5.13 Å². The number of nitrogens with two attached hydrogens (primary N) is 1. The van der Waals surface area contributed by atoms with E-state index in [0.717, 1.165) is 32.7 Å². The highest BCUT2D eigenvalue weighted by Crippen LogP contribution is 2.46. The average molecular weight is 467 g/mol. The number of nitrogens with zero attached hydrogens (tertiary/aromatic N) is 1. The van der Waals surface area contributed by atoms with Crippen molar-refractivity contribution in [1.29, 1.82) is 0 Å².